The molecule has 0 spiro atoms. The lowest BCUT2D eigenvalue weighted by molar-refractivity contribution is -0.124. The summed E-state index contributed by atoms with van der Waals surface area (Å²) in [5, 5.41) is -0.0561. The molecule has 2 aliphatic rings. The number of benzene rings is 1. The minimum Gasteiger partial charge on any atom is -0.441 e. The molecule has 2 heterocycles. The van der Waals surface area contributed by atoms with E-state index in [1.807, 2.05) is 0 Å². The predicted octanol–water partition coefficient (Wildman–Crippen LogP) is 0.747. The summed E-state index contributed by atoms with van der Waals surface area (Å²) in [7, 11) is -3.07. The number of nitrogens with two attached hydrogens (primary N) is 1. The molecule has 0 radical (unpaired) electrons. The van der Waals surface area contributed by atoms with E-state index in [1.54, 1.807) is 29.2 Å². The molecule has 0 aliphatic carbocycles. The van der Waals surface area contributed by atoms with Crippen LogP contribution in [0, 0.1) is 5.92 Å². The van der Waals surface area contributed by atoms with Gasteiger partial charge >= 0.3 is 6.09 Å². The summed E-state index contributed by atoms with van der Waals surface area (Å²) in [5.41, 5.74) is 6.35. The lowest BCUT2D eigenvalue weighted by Gasteiger charge is -2.23. The maximum atomic E-state index is 14.2. The van der Waals surface area contributed by atoms with Gasteiger partial charge in [-0.1, -0.05) is 16.6 Å². The number of ether oxygens (including phenoxy) is 1. The number of cyclic esters (lactones) is 1. The van der Waals surface area contributed by atoms with E-state index in [-0.39, 0.29) is 16.8 Å². The van der Waals surface area contributed by atoms with Crippen LogP contribution in [0.15, 0.2) is 24.3 Å². The number of carbonyl (C=O) groups excluding carboxylic acids is 2. The molecular formula is C15H18FN3O5S. The van der Waals surface area contributed by atoms with Gasteiger partial charge in [0.05, 0.1) is 11.7 Å². The summed E-state index contributed by atoms with van der Waals surface area (Å²) in [4.78, 5) is 24.6. The first-order valence-electron chi connectivity index (χ1n) is 7.70. The van der Waals surface area contributed by atoms with E-state index >= 15 is 0 Å². The molecule has 1 aromatic rings. The molecule has 3 rings (SSSR count). The molecule has 0 bridgehead atoms. The average Bonchev–Trinajstić information content (AvgIpc) is 3.07. The standard InChI is InChI=1S/C15H18FN3O5S/c1-9(14(17)20)13-12(19(16)15(21)24-13)10-2-4-11(5-3-10)18-6-7-25(22,23)8-18/h2-5,9,12-13H,6-8H2,1H3,(H2,17,20). The van der Waals surface area contributed by atoms with Crippen LogP contribution >= 0.6 is 0 Å². The zero-order chi connectivity index (χ0) is 18.4. The van der Waals surface area contributed by atoms with E-state index < -0.39 is 39.9 Å². The first-order valence-corrected chi connectivity index (χ1v) is 9.52. The minimum absolute atomic E-state index is 0.0561. The van der Waals surface area contributed by atoms with Gasteiger partial charge in [0, 0.05) is 12.2 Å². The Morgan fingerprint density at radius 3 is 2.52 bits per heavy atom. The molecule has 2 aliphatic heterocycles. The second-order valence-corrected chi connectivity index (χ2v) is 8.38. The number of amides is 2. The average molecular weight is 371 g/mol. The van der Waals surface area contributed by atoms with Crippen molar-refractivity contribution in [2.45, 2.75) is 19.1 Å². The van der Waals surface area contributed by atoms with Crippen molar-refractivity contribution in [2.75, 3.05) is 23.1 Å². The SMILES string of the molecule is CC(C(N)=O)C1OC(=O)N(F)C1c1ccc(N2CCS(=O)(=O)C2)cc1. The monoisotopic (exact) mass is 371 g/mol. The van der Waals surface area contributed by atoms with E-state index in [2.05, 4.69) is 0 Å². The second kappa shape index (κ2) is 6.17. The van der Waals surface area contributed by atoms with Crippen LogP contribution in [0.25, 0.3) is 0 Å². The Kier molecular flexibility index (Phi) is 4.31. The molecule has 2 saturated heterocycles. The molecule has 3 unspecified atom stereocenters. The smallest absolute Gasteiger partial charge is 0.439 e. The highest BCUT2D eigenvalue weighted by Gasteiger charge is 2.47. The maximum absolute atomic E-state index is 14.2. The molecule has 25 heavy (non-hydrogen) atoms. The molecule has 1 aromatic carbocycles. The molecule has 3 atom stereocenters. The zero-order valence-electron chi connectivity index (χ0n) is 13.5. The van der Waals surface area contributed by atoms with Gasteiger partial charge in [-0.05, 0) is 24.6 Å². The lowest BCUT2D eigenvalue weighted by Crippen LogP contribution is -2.35. The summed E-state index contributed by atoms with van der Waals surface area (Å²) in [6, 6.07) is 5.38. The third-order valence-electron chi connectivity index (χ3n) is 4.53. The van der Waals surface area contributed by atoms with Gasteiger partial charge in [0.1, 0.15) is 18.0 Å². The van der Waals surface area contributed by atoms with Crippen molar-refractivity contribution >= 4 is 27.5 Å². The van der Waals surface area contributed by atoms with E-state index in [4.69, 9.17) is 10.5 Å². The number of primary amides is 1. The van der Waals surface area contributed by atoms with Crippen LogP contribution in [0.1, 0.15) is 18.5 Å². The van der Waals surface area contributed by atoms with E-state index in [0.717, 1.165) is 0 Å². The maximum Gasteiger partial charge on any atom is 0.439 e. The summed E-state index contributed by atoms with van der Waals surface area (Å²) in [5.74, 6) is -1.53. The van der Waals surface area contributed by atoms with Gasteiger partial charge in [-0.3, -0.25) is 4.79 Å². The minimum atomic E-state index is -3.07. The summed E-state index contributed by atoms with van der Waals surface area (Å²) >= 11 is 0. The van der Waals surface area contributed by atoms with E-state index in [9.17, 15) is 22.5 Å². The molecular weight excluding hydrogens is 353 g/mol. The Morgan fingerprint density at radius 2 is 2.00 bits per heavy atom. The summed E-state index contributed by atoms with van der Waals surface area (Å²) < 4.78 is 42.2. The highest BCUT2D eigenvalue weighted by atomic mass is 32.2. The number of rotatable bonds is 4. The Labute approximate surface area is 144 Å². The largest absolute Gasteiger partial charge is 0.441 e. The number of hydrogen-bond donors (Lipinski definition) is 1. The number of nitrogens with zero attached hydrogens (tertiary/aromatic N) is 2. The van der Waals surface area contributed by atoms with Crippen LogP contribution in [0.3, 0.4) is 0 Å². The van der Waals surface area contributed by atoms with Crippen molar-refractivity contribution in [3.63, 3.8) is 0 Å². The number of halogens is 1. The Balaban J connectivity index is 1.85. The van der Waals surface area contributed by atoms with E-state index in [1.165, 1.54) is 6.92 Å². The Morgan fingerprint density at radius 1 is 1.36 bits per heavy atom. The number of hydrogen-bond acceptors (Lipinski definition) is 6. The quantitative estimate of drug-likeness (QED) is 0.782. The van der Waals surface area contributed by atoms with Crippen LogP contribution in [0.2, 0.25) is 0 Å². The highest BCUT2D eigenvalue weighted by molar-refractivity contribution is 7.91. The van der Waals surface area contributed by atoms with Crippen molar-refractivity contribution in [1.82, 2.24) is 5.12 Å². The fourth-order valence-corrected chi connectivity index (χ4v) is 4.41. The van der Waals surface area contributed by atoms with E-state index in [0.29, 0.717) is 17.8 Å². The number of carbonyl (C=O) groups is 2. The molecule has 2 amide bonds. The third kappa shape index (κ3) is 3.26. The summed E-state index contributed by atoms with van der Waals surface area (Å²) in [6.45, 7) is 1.86. The van der Waals surface area contributed by atoms with Crippen LogP contribution in [0.5, 0.6) is 0 Å². The Hall–Kier alpha value is -2.36. The van der Waals surface area contributed by atoms with Crippen LogP contribution in [0.4, 0.5) is 15.0 Å². The van der Waals surface area contributed by atoms with Gasteiger partial charge < -0.3 is 15.4 Å². The van der Waals surface area contributed by atoms with Gasteiger partial charge in [0.15, 0.2) is 9.84 Å². The fourth-order valence-electron chi connectivity index (χ4n) is 3.03. The van der Waals surface area contributed by atoms with Crippen LogP contribution < -0.4 is 10.6 Å². The van der Waals surface area contributed by atoms with Crippen LogP contribution in [-0.2, 0) is 19.4 Å². The van der Waals surface area contributed by atoms with Crippen molar-refractivity contribution in [1.29, 1.82) is 0 Å². The van der Waals surface area contributed by atoms with Gasteiger partial charge in [-0.2, -0.15) is 0 Å². The third-order valence-corrected chi connectivity index (χ3v) is 6.04. The first-order chi connectivity index (χ1) is 11.7. The van der Waals surface area contributed by atoms with Gasteiger partial charge in [-0.15, -0.1) is 5.12 Å². The molecule has 136 valence electrons. The zero-order valence-corrected chi connectivity index (χ0v) is 14.3. The predicted molar refractivity (Wildman–Crippen MR) is 86.8 cm³/mol. The second-order valence-electron chi connectivity index (χ2n) is 6.23. The normalized spacial score (nSPS) is 26.6. The summed E-state index contributed by atoms with van der Waals surface area (Å²) in [6.07, 6.45) is -2.20. The Bertz CT molecular complexity index is 798. The van der Waals surface area contributed by atoms with Crippen molar-refractivity contribution in [3.05, 3.63) is 29.8 Å². The number of sulfone groups is 1. The van der Waals surface area contributed by atoms with Crippen LogP contribution in [-0.4, -0.2) is 49.8 Å². The van der Waals surface area contributed by atoms with Gasteiger partial charge in [-0.25, -0.2) is 13.2 Å². The van der Waals surface area contributed by atoms with Crippen molar-refractivity contribution in [2.24, 2.45) is 11.7 Å². The highest BCUT2D eigenvalue weighted by Crippen LogP contribution is 2.38. The first kappa shape index (κ1) is 17.5. The number of anilines is 1. The fraction of sp³-hybridized carbons (Fsp3) is 0.467. The van der Waals surface area contributed by atoms with Gasteiger partial charge in [0.25, 0.3) is 0 Å². The molecule has 0 aromatic heterocycles. The molecule has 10 heteroatoms. The molecule has 0 saturated carbocycles. The molecule has 8 nitrogen and oxygen atoms in total. The molecule has 2 N–H and O–H groups in total. The van der Waals surface area contributed by atoms with Crippen molar-refractivity contribution in [3.8, 4) is 0 Å². The molecule has 2 fully saturated rings. The lowest BCUT2D eigenvalue weighted by atomic mass is 9.92. The van der Waals surface area contributed by atoms with Gasteiger partial charge in [0.2, 0.25) is 5.91 Å². The van der Waals surface area contributed by atoms with Crippen molar-refractivity contribution < 1.29 is 27.2 Å². The topological polar surface area (TPSA) is 110 Å².